The van der Waals surface area contributed by atoms with Gasteiger partial charge >= 0.3 is 0 Å². The zero-order chi connectivity index (χ0) is 16.4. The lowest BCUT2D eigenvalue weighted by Gasteiger charge is -2.33. The number of aromatic nitrogens is 7. The Morgan fingerprint density at radius 3 is 2.88 bits per heavy atom. The van der Waals surface area contributed by atoms with E-state index in [4.69, 9.17) is 0 Å². The van der Waals surface area contributed by atoms with Crippen LogP contribution in [0.1, 0.15) is 42.8 Å². The molecule has 4 rings (SSSR count). The Labute approximate surface area is 139 Å². The Bertz CT molecular complexity index is 793. The number of para-hydroxylation sites is 1. The molecule has 0 saturated carbocycles. The number of piperidine rings is 1. The molecule has 1 aromatic carbocycles. The minimum absolute atomic E-state index is 0.213. The first-order valence-electron chi connectivity index (χ1n) is 8.27. The molecule has 0 unspecified atom stereocenters. The summed E-state index contributed by atoms with van der Waals surface area (Å²) in [5.41, 5.74) is 0.972. The van der Waals surface area contributed by atoms with Gasteiger partial charge in [0.05, 0.1) is 18.3 Å². The maximum Gasteiger partial charge on any atom is 0.170 e. The Kier molecular flexibility index (Phi) is 4.04. The molecule has 3 aromatic rings. The molecule has 3 heterocycles. The number of hydrogen-bond acceptors (Lipinski definition) is 6. The van der Waals surface area contributed by atoms with E-state index in [0.29, 0.717) is 6.54 Å². The third-order valence-corrected chi connectivity index (χ3v) is 4.41. The van der Waals surface area contributed by atoms with Gasteiger partial charge in [0.1, 0.15) is 5.82 Å². The van der Waals surface area contributed by atoms with Gasteiger partial charge < -0.3 is 0 Å². The predicted octanol–water partition coefficient (Wildman–Crippen LogP) is 1.82. The van der Waals surface area contributed by atoms with E-state index in [-0.39, 0.29) is 6.04 Å². The first-order chi connectivity index (χ1) is 11.8. The average Bonchev–Trinajstić information content (AvgIpc) is 3.25. The van der Waals surface area contributed by atoms with Gasteiger partial charge in [-0.15, -0.1) is 5.10 Å². The second kappa shape index (κ2) is 6.48. The van der Waals surface area contributed by atoms with Gasteiger partial charge in [-0.05, 0) is 48.9 Å². The summed E-state index contributed by atoms with van der Waals surface area (Å²) in [5, 5.41) is 19.6. The predicted molar refractivity (Wildman–Crippen MR) is 87.3 cm³/mol. The van der Waals surface area contributed by atoms with Gasteiger partial charge in [-0.3, -0.25) is 10.00 Å². The van der Waals surface area contributed by atoms with E-state index in [9.17, 15) is 0 Å². The molecule has 1 aliphatic heterocycles. The van der Waals surface area contributed by atoms with E-state index in [0.717, 1.165) is 36.1 Å². The largest absolute Gasteiger partial charge is 0.286 e. The van der Waals surface area contributed by atoms with E-state index in [1.807, 2.05) is 37.3 Å². The summed E-state index contributed by atoms with van der Waals surface area (Å²) in [7, 11) is 0. The van der Waals surface area contributed by atoms with E-state index in [1.165, 1.54) is 12.8 Å². The summed E-state index contributed by atoms with van der Waals surface area (Å²) in [6.45, 7) is 3.61. The third kappa shape index (κ3) is 2.92. The molecule has 1 atom stereocenters. The Hall–Kier alpha value is -2.61. The lowest BCUT2D eigenvalue weighted by molar-refractivity contribution is 0.129. The molecule has 0 aliphatic carbocycles. The van der Waals surface area contributed by atoms with Crippen LogP contribution in [0.3, 0.4) is 0 Å². The van der Waals surface area contributed by atoms with Crippen molar-refractivity contribution in [3.63, 3.8) is 0 Å². The lowest BCUT2D eigenvalue weighted by Crippen LogP contribution is -2.34. The number of likely N-dealkylation sites (tertiary alicyclic amines) is 1. The number of rotatable bonds is 4. The number of aromatic amines is 1. The molecule has 1 saturated heterocycles. The van der Waals surface area contributed by atoms with Crippen LogP contribution in [0.4, 0.5) is 0 Å². The maximum absolute atomic E-state index is 4.53. The average molecular weight is 324 g/mol. The maximum atomic E-state index is 4.53. The molecule has 0 amide bonds. The first-order valence-corrected chi connectivity index (χ1v) is 8.27. The van der Waals surface area contributed by atoms with Gasteiger partial charge in [0.2, 0.25) is 0 Å². The fourth-order valence-electron chi connectivity index (χ4n) is 3.24. The van der Waals surface area contributed by atoms with E-state index >= 15 is 0 Å². The summed E-state index contributed by atoms with van der Waals surface area (Å²) in [6, 6.07) is 10.2. The number of nitrogens with zero attached hydrogens (tertiary/aromatic N) is 7. The highest BCUT2D eigenvalue weighted by Gasteiger charge is 2.28. The molecule has 24 heavy (non-hydrogen) atoms. The van der Waals surface area contributed by atoms with Gasteiger partial charge in [0, 0.05) is 0 Å². The molecule has 2 aromatic heterocycles. The first kappa shape index (κ1) is 14.9. The van der Waals surface area contributed by atoms with Crippen molar-refractivity contribution in [2.24, 2.45) is 0 Å². The Morgan fingerprint density at radius 2 is 2.08 bits per heavy atom. The zero-order valence-corrected chi connectivity index (χ0v) is 13.6. The lowest BCUT2D eigenvalue weighted by atomic mass is 10.0. The fourth-order valence-corrected chi connectivity index (χ4v) is 3.24. The number of hydrogen-bond donors (Lipinski definition) is 1. The highest BCUT2D eigenvalue weighted by Crippen LogP contribution is 2.30. The van der Waals surface area contributed by atoms with E-state index in [1.54, 1.807) is 4.68 Å². The number of nitrogens with one attached hydrogen (secondary N) is 1. The molecular weight excluding hydrogens is 304 g/mol. The van der Waals surface area contributed by atoms with Crippen molar-refractivity contribution >= 4 is 0 Å². The van der Waals surface area contributed by atoms with Crippen molar-refractivity contribution in [1.29, 1.82) is 0 Å². The second-order valence-corrected chi connectivity index (χ2v) is 6.10. The monoisotopic (exact) mass is 324 g/mol. The van der Waals surface area contributed by atoms with Crippen LogP contribution in [0.15, 0.2) is 30.3 Å². The minimum Gasteiger partial charge on any atom is -0.286 e. The Balaban J connectivity index is 1.59. The molecule has 0 radical (unpaired) electrons. The van der Waals surface area contributed by atoms with Crippen molar-refractivity contribution in [3.8, 4) is 5.69 Å². The van der Waals surface area contributed by atoms with Crippen molar-refractivity contribution in [1.82, 2.24) is 40.3 Å². The van der Waals surface area contributed by atoms with Crippen molar-refractivity contribution in [3.05, 3.63) is 47.8 Å². The molecule has 1 fully saturated rings. The van der Waals surface area contributed by atoms with Crippen LogP contribution in [0.5, 0.6) is 0 Å². The summed E-state index contributed by atoms with van der Waals surface area (Å²) >= 11 is 0. The van der Waals surface area contributed by atoms with Crippen LogP contribution >= 0.6 is 0 Å². The zero-order valence-electron chi connectivity index (χ0n) is 13.6. The fraction of sp³-hybridized carbons (Fsp3) is 0.438. The van der Waals surface area contributed by atoms with Crippen LogP contribution in [-0.2, 0) is 6.54 Å². The van der Waals surface area contributed by atoms with Crippen LogP contribution in [0.2, 0.25) is 0 Å². The van der Waals surface area contributed by atoms with Crippen molar-refractivity contribution in [2.75, 3.05) is 6.54 Å². The van der Waals surface area contributed by atoms with Crippen LogP contribution < -0.4 is 0 Å². The van der Waals surface area contributed by atoms with Gasteiger partial charge in [-0.25, -0.2) is 4.98 Å². The molecular formula is C16H20N8. The minimum atomic E-state index is 0.213. The van der Waals surface area contributed by atoms with Crippen LogP contribution in [0, 0.1) is 6.92 Å². The summed E-state index contributed by atoms with van der Waals surface area (Å²) in [6.07, 6.45) is 3.43. The van der Waals surface area contributed by atoms with Gasteiger partial charge in [0.15, 0.2) is 11.6 Å². The smallest absolute Gasteiger partial charge is 0.170 e. The number of aryl methyl sites for hydroxylation is 1. The molecule has 0 bridgehead atoms. The van der Waals surface area contributed by atoms with Crippen molar-refractivity contribution < 1.29 is 0 Å². The number of benzene rings is 1. The summed E-state index contributed by atoms with van der Waals surface area (Å²) in [5.74, 6) is 2.55. The standard InChI is InChI=1S/C16H20N8/c1-12-17-16(20-18-12)14-9-5-6-10-23(14)11-15-19-21-22-24(15)13-7-3-2-4-8-13/h2-4,7-8,14H,5-6,9-11H2,1H3,(H,17,18,20)/t14-/m1/s1. The molecule has 8 nitrogen and oxygen atoms in total. The summed E-state index contributed by atoms with van der Waals surface area (Å²) < 4.78 is 1.80. The SMILES string of the molecule is Cc1nc([C@H]2CCCCN2Cc2nnnn2-c2ccccc2)n[nH]1. The Morgan fingerprint density at radius 1 is 1.21 bits per heavy atom. The number of tetrazole rings is 1. The van der Waals surface area contributed by atoms with Gasteiger partial charge in [-0.2, -0.15) is 9.78 Å². The van der Waals surface area contributed by atoms with E-state index < -0.39 is 0 Å². The van der Waals surface area contributed by atoms with Crippen LogP contribution in [0.25, 0.3) is 5.69 Å². The second-order valence-electron chi connectivity index (χ2n) is 6.10. The normalized spacial score (nSPS) is 18.8. The van der Waals surface area contributed by atoms with E-state index in [2.05, 4.69) is 35.6 Å². The van der Waals surface area contributed by atoms with Gasteiger partial charge in [-0.1, -0.05) is 24.6 Å². The third-order valence-electron chi connectivity index (χ3n) is 4.41. The molecule has 1 aliphatic rings. The topological polar surface area (TPSA) is 88.4 Å². The quantitative estimate of drug-likeness (QED) is 0.787. The van der Waals surface area contributed by atoms with Crippen molar-refractivity contribution in [2.45, 2.75) is 38.8 Å². The molecule has 8 heteroatoms. The highest BCUT2D eigenvalue weighted by molar-refractivity contribution is 5.30. The number of H-pyrrole nitrogens is 1. The summed E-state index contributed by atoms with van der Waals surface area (Å²) in [4.78, 5) is 6.90. The molecule has 0 spiro atoms. The van der Waals surface area contributed by atoms with Crippen LogP contribution in [-0.4, -0.2) is 46.8 Å². The molecule has 124 valence electrons. The van der Waals surface area contributed by atoms with Gasteiger partial charge in [0.25, 0.3) is 0 Å². The highest BCUT2D eigenvalue weighted by atomic mass is 15.5. The molecule has 1 N–H and O–H groups in total.